The van der Waals surface area contributed by atoms with Crippen LogP contribution in [0.2, 0.25) is 0 Å². The number of rotatable bonds is 27. The molecule has 0 saturated heterocycles. The van der Waals surface area contributed by atoms with Gasteiger partial charge in [0.1, 0.15) is 11.3 Å². The Labute approximate surface area is 333 Å². The minimum Gasteiger partial charge on any atom is -0.494 e. The number of carbonyl (C=O) groups excluding carboxylic acids is 2. The lowest BCUT2D eigenvalue weighted by atomic mass is 9.92. The predicted molar refractivity (Wildman–Crippen MR) is 218 cm³/mol. The van der Waals surface area contributed by atoms with Crippen molar-refractivity contribution in [2.45, 2.75) is 65.8 Å². The number of unbranched alkanes of at least 4 members (excludes halogenated alkanes) is 1. The molecule has 0 aliphatic heterocycles. The Morgan fingerprint density at radius 1 is 0.912 bits per heavy atom. The zero-order chi connectivity index (χ0) is 41.0. The van der Waals surface area contributed by atoms with Crippen molar-refractivity contribution in [3.05, 3.63) is 87.0 Å². The number of ether oxygens (including phenoxy) is 4. The summed E-state index contributed by atoms with van der Waals surface area (Å²) >= 11 is 0. The number of carboxylic acid groups (broad SMARTS) is 1. The van der Waals surface area contributed by atoms with Gasteiger partial charge < -0.3 is 49.6 Å². The van der Waals surface area contributed by atoms with Gasteiger partial charge in [-0.15, -0.1) is 0 Å². The lowest BCUT2D eigenvalue weighted by molar-refractivity contribution is -0.141. The SMILES string of the molecule is CCCCOCCOCCOCCCNC(=O)CCCOc1cc(C)c(C[C@@H](CNC(=O)c2cn(C)c3cc(CNc4ncc[nH]4)ccc3c2=O)C(=O)O)c(C)c1. The lowest BCUT2D eigenvalue weighted by Gasteiger charge is -2.18. The molecule has 0 aliphatic carbocycles. The summed E-state index contributed by atoms with van der Waals surface area (Å²) in [5.41, 5.74) is 3.63. The Morgan fingerprint density at radius 3 is 2.28 bits per heavy atom. The van der Waals surface area contributed by atoms with E-state index in [1.54, 1.807) is 30.1 Å². The molecule has 0 aliphatic rings. The summed E-state index contributed by atoms with van der Waals surface area (Å²) in [5.74, 6) is -1.42. The van der Waals surface area contributed by atoms with E-state index in [1.165, 1.54) is 6.20 Å². The average molecular weight is 791 g/mol. The van der Waals surface area contributed by atoms with E-state index in [1.807, 2.05) is 38.1 Å². The molecule has 4 rings (SSSR count). The van der Waals surface area contributed by atoms with Crippen molar-refractivity contribution in [1.82, 2.24) is 25.2 Å². The molecule has 310 valence electrons. The number of benzene rings is 2. The highest BCUT2D eigenvalue weighted by Gasteiger charge is 2.23. The number of H-pyrrole nitrogens is 1. The maximum atomic E-state index is 13.4. The topological polar surface area (TPSA) is 195 Å². The molecule has 0 unspecified atom stereocenters. The maximum absolute atomic E-state index is 13.4. The van der Waals surface area contributed by atoms with Crippen LogP contribution in [-0.2, 0) is 43.8 Å². The van der Waals surface area contributed by atoms with Gasteiger partial charge in [-0.1, -0.05) is 19.4 Å². The first-order valence-corrected chi connectivity index (χ1v) is 19.7. The van der Waals surface area contributed by atoms with Gasteiger partial charge in [-0.3, -0.25) is 19.2 Å². The van der Waals surface area contributed by atoms with Gasteiger partial charge in [0, 0.05) is 70.3 Å². The number of nitrogens with one attached hydrogen (secondary N) is 4. The second-order valence-corrected chi connectivity index (χ2v) is 14.0. The molecule has 2 aromatic carbocycles. The molecule has 0 fully saturated rings. The zero-order valence-electron chi connectivity index (χ0n) is 33.6. The van der Waals surface area contributed by atoms with E-state index in [0.29, 0.717) is 94.6 Å². The van der Waals surface area contributed by atoms with Crippen molar-refractivity contribution < 1.29 is 38.4 Å². The van der Waals surface area contributed by atoms with Gasteiger partial charge in [-0.25, -0.2) is 4.98 Å². The molecule has 57 heavy (non-hydrogen) atoms. The normalized spacial score (nSPS) is 11.7. The minimum absolute atomic E-state index is 0.0512. The molecule has 4 aromatic rings. The van der Waals surface area contributed by atoms with Gasteiger partial charge >= 0.3 is 5.97 Å². The van der Waals surface area contributed by atoms with Gasteiger partial charge in [-0.2, -0.15) is 0 Å². The fourth-order valence-corrected chi connectivity index (χ4v) is 6.21. The second kappa shape index (κ2) is 23.7. The number of hydrogen-bond donors (Lipinski definition) is 5. The number of hydrogen-bond acceptors (Lipinski definition) is 10. The third-order valence-electron chi connectivity index (χ3n) is 9.43. The van der Waals surface area contributed by atoms with Crippen molar-refractivity contribution in [1.29, 1.82) is 0 Å². The van der Waals surface area contributed by atoms with Crippen LogP contribution >= 0.6 is 0 Å². The van der Waals surface area contributed by atoms with Crippen LogP contribution < -0.4 is 26.1 Å². The van der Waals surface area contributed by atoms with Crippen LogP contribution in [0.25, 0.3) is 10.9 Å². The molecule has 15 heteroatoms. The summed E-state index contributed by atoms with van der Waals surface area (Å²) in [5, 5.41) is 19.2. The molecule has 2 aromatic heterocycles. The Balaban J connectivity index is 1.17. The number of imidazole rings is 1. The summed E-state index contributed by atoms with van der Waals surface area (Å²) in [6.07, 6.45) is 8.76. The number of aryl methyl sites for hydroxylation is 3. The molecule has 0 saturated carbocycles. The van der Waals surface area contributed by atoms with Crippen molar-refractivity contribution in [3.8, 4) is 5.75 Å². The number of carbonyl (C=O) groups is 3. The molecule has 5 N–H and O–H groups in total. The van der Waals surface area contributed by atoms with Gasteiger partial charge in [0.25, 0.3) is 5.91 Å². The van der Waals surface area contributed by atoms with E-state index in [-0.39, 0.29) is 24.4 Å². The van der Waals surface area contributed by atoms with Gasteiger partial charge in [0.15, 0.2) is 5.95 Å². The molecule has 0 radical (unpaired) electrons. The van der Waals surface area contributed by atoms with Gasteiger partial charge in [0.2, 0.25) is 11.3 Å². The Hall–Kier alpha value is -5.25. The number of anilines is 1. The lowest BCUT2D eigenvalue weighted by Crippen LogP contribution is -2.36. The standard InChI is InChI=1S/C42H58N6O9/c1-5-6-15-54-18-20-56-21-19-55-16-8-12-43-38(49)9-7-17-57-33-22-29(2)35(30(3)23-33)25-32(41(52)53)27-46-40(51)36-28-48(4)37-24-31(10-11-34(37)39(36)50)26-47-42-44-13-14-45-42/h10-11,13-14,22-24,28,32H,5-9,12,15-21,25-27H2,1-4H3,(H,43,49)(H,46,51)(H,52,53)(H2,44,45,47)/t32-/m0/s1. The maximum Gasteiger partial charge on any atom is 0.308 e. The van der Waals surface area contributed by atoms with E-state index < -0.39 is 23.2 Å². The first kappa shape index (κ1) is 44.5. The fourth-order valence-electron chi connectivity index (χ4n) is 6.21. The first-order valence-electron chi connectivity index (χ1n) is 19.7. The summed E-state index contributed by atoms with van der Waals surface area (Å²) < 4.78 is 24.1. The van der Waals surface area contributed by atoms with Crippen LogP contribution in [0.3, 0.4) is 0 Å². The van der Waals surface area contributed by atoms with Crippen LogP contribution in [0.15, 0.2) is 53.7 Å². The quantitative estimate of drug-likeness (QED) is 0.0527. The van der Waals surface area contributed by atoms with Crippen molar-refractivity contribution in [3.63, 3.8) is 0 Å². The minimum atomic E-state index is -1.06. The molecule has 1 atom stereocenters. The van der Waals surface area contributed by atoms with Crippen LogP contribution in [0.4, 0.5) is 5.95 Å². The third-order valence-corrected chi connectivity index (χ3v) is 9.43. The van der Waals surface area contributed by atoms with E-state index >= 15 is 0 Å². The number of amides is 2. The number of aromatic amines is 1. The van der Waals surface area contributed by atoms with E-state index in [4.69, 9.17) is 18.9 Å². The number of fused-ring (bicyclic) bond motifs is 1. The predicted octanol–water partition coefficient (Wildman–Crippen LogP) is 4.68. The van der Waals surface area contributed by atoms with Crippen molar-refractivity contribution in [2.24, 2.45) is 13.0 Å². The number of aromatic nitrogens is 3. The smallest absolute Gasteiger partial charge is 0.308 e. The van der Waals surface area contributed by atoms with E-state index in [2.05, 4.69) is 32.8 Å². The van der Waals surface area contributed by atoms with Crippen LogP contribution in [0, 0.1) is 19.8 Å². The van der Waals surface area contributed by atoms with Crippen LogP contribution in [0.5, 0.6) is 5.75 Å². The summed E-state index contributed by atoms with van der Waals surface area (Å²) in [6, 6.07) is 9.08. The summed E-state index contributed by atoms with van der Waals surface area (Å²) in [7, 11) is 1.75. The highest BCUT2D eigenvalue weighted by atomic mass is 16.5. The highest BCUT2D eigenvalue weighted by Crippen LogP contribution is 2.25. The second-order valence-electron chi connectivity index (χ2n) is 14.0. The zero-order valence-corrected chi connectivity index (χ0v) is 33.6. The van der Waals surface area contributed by atoms with Gasteiger partial charge in [0.05, 0.1) is 44.5 Å². The summed E-state index contributed by atoms with van der Waals surface area (Å²) in [6.45, 7) is 10.6. The highest BCUT2D eigenvalue weighted by molar-refractivity contribution is 5.97. The number of nitrogens with zero attached hydrogens (tertiary/aromatic N) is 2. The number of aliphatic carboxylic acids is 1. The molecule has 0 spiro atoms. The molecule has 0 bridgehead atoms. The molecular weight excluding hydrogens is 732 g/mol. The Morgan fingerprint density at radius 2 is 1.61 bits per heavy atom. The van der Waals surface area contributed by atoms with Crippen molar-refractivity contribution in [2.75, 3.05) is 64.7 Å². The number of pyridine rings is 1. The molecule has 2 amide bonds. The number of carboxylic acids is 1. The van der Waals surface area contributed by atoms with E-state index in [0.717, 1.165) is 41.7 Å². The monoisotopic (exact) mass is 790 g/mol. The fraction of sp³-hybridized carbons (Fsp3) is 0.500. The Bertz CT molecular complexity index is 1920. The van der Waals surface area contributed by atoms with Crippen LogP contribution in [-0.4, -0.2) is 96.8 Å². The molecule has 15 nitrogen and oxygen atoms in total. The van der Waals surface area contributed by atoms with E-state index in [9.17, 15) is 24.3 Å². The summed E-state index contributed by atoms with van der Waals surface area (Å²) in [4.78, 5) is 58.3. The first-order chi connectivity index (χ1) is 27.6. The van der Waals surface area contributed by atoms with Crippen molar-refractivity contribution >= 4 is 34.6 Å². The Kier molecular flexibility index (Phi) is 18.5. The molecular formula is C42H58N6O9. The van der Waals surface area contributed by atoms with Gasteiger partial charge in [-0.05, 0) is 86.1 Å². The average Bonchev–Trinajstić information content (AvgIpc) is 3.72. The largest absolute Gasteiger partial charge is 0.494 e. The molecule has 2 heterocycles. The van der Waals surface area contributed by atoms with Crippen LogP contribution in [0.1, 0.15) is 71.6 Å². The third kappa shape index (κ3) is 14.6.